The normalized spacial score (nSPS) is 8.10. The lowest BCUT2D eigenvalue weighted by Crippen LogP contribution is -1.93. The first-order valence-electron chi connectivity index (χ1n) is 7.29. The van der Waals surface area contributed by atoms with E-state index >= 15 is 0 Å². The molecule has 20 heavy (non-hydrogen) atoms. The number of H-pyrrole nitrogens is 2. The second kappa shape index (κ2) is 15.6. The van der Waals surface area contributed by atoms with E-state index in [1.54, 1.807) is 17.8 Å². The molecule has 0 radical (unpaired) electrons. The molecule has 2 N–H and O–H groups in total. The van der Waals surface area contributed by atoms with Crippen molar-refractivity contribution in [1.82, 2.24) is 10.2 Å². The quantitative estimate of drug-likeness (QED) is 0.776. The maximum Gasteiger partial charge on any atom is 0.264 e. The van der Waals surface area contributed by atoms with Crippen LogP contribution >= 0.6 is 11.8 Å². The Morgan fingerprint density at radius 2 is 1.45 bits per heavy atom. The number of aromatic amines is 2. The molecule has 2 rings (SSSR count). The Morgan fingerprint density at radius 3 is 1.90 bits per heavy atom. The minimum absolute atomic E-state index is 0.0753. The molecule has 0 saturated heterocycles. The monoisotopic (exact) mass is 296 g/mol. The van der Waals surface area contributed by atoms with Crippen molar-refractivity contribution in [1.29, 1.82) is 0 Å². The van der Waals surface area contributed by atoms with Crippen molar-refractivity contribution in [3.05, 3.63) is 52.4 Å². The molecule has 0 spiro atoms. The Labute approximate surface area is 127 Å². The molecule has 0 aliphatic rings. The summed E-state index contributed by atoms with van der Waals surface area (Å²) in [7, 11) is 0. The van der Waals surface area contributed by atoms with Gasteiger partial charge in [-0.15, -0.1) is 11.8 Å². The number of nitrogens with one attached hydrogen (secondary N) is 2. The third-order valence-corrected chi connectivity index (χ3v) is 2.85. The van der Waals surface area contributed by atoms with Gasteiger partial charge in [-0.3, -0.25) is 9.89 Å². The summed E-state index contributed by atoms with van der Waals surface area (Å²) in [6, 6.07) is 11.7. The SMILES string of the molecule is CC.CC.CC.O=c1cc(CSc2ccccc2)[nH][nH]1. The summed E-state index contributed by atoms with van der Waals surface area (Å²) in [5.41, 5.74) is 0.845. The Morgan fingerprint density at radius 1 is 0.900 bits per heavy atom. The largest absolute Gasteiger partial charge is 0.301 e. The summed E-state index contributed by atoms with van der Waals surface area (Å²) in [4.78, 5) is 12.0. The molecule has 1 aromatic carbocycles. The van der Waals surface area contributed by atoms with Crippen LogP contribution in [0.3, 0.4) is 0 Å². The smallest absolute Gasteiger partial charge is 0.264 e. The number of hydrogen-bond acceptors (Lipinski definition) is 2. The second-order valence-electron chi connectivity index (χ2n) is 2.89. The average Bonchev–Trinajstić information content (AvgIpc) is 2.98. The molecule has 0 atom stereocenters. The number of benzene rings is 1. The highest BCUT2D eigenvalue weighted by Gasteiger charge is 1.97. The molecule has 0 fully saturated rings. The van der Waals surface area contributed by atoms with Gasteiger partial charge in [-0.05, 0) is 12.1 Å². The minimum Gasteiger partial charge on any atom is -0.301 e. The van der Waals surface area contributed by atoms with Crippen LogP contribution in [-0.2, 0) is 5.75 Å². The molecule has 0 bridgehead atoms. The minimum atomic E-state index is -0.0753. The van der Waals surface area contributed by atoms with E-state index in [1.165, 1.54) is 4.90 Å². The Kier molecular flexibility index (Phi) is 16.3. The molecule has 0 saturated carbocycles. The van der Waals surface area contributed by atoms with Crippen LogP contribution in [0.5, 0.6) is 0 Å². The van der Waals surface area contributed by atoms with Crippen molar-refractivity contribution in [3.8, 4) is 0 Å². The molecule has 114 valence electrons. The zero-order valence-electron chi connectivity index (χ0n) is 13.5. The van der Waals surface area contributed by atoms with E-state index < -0.39 is 0 Å². The Balaban J connectivity index is 0. The number of hydrogen-bond donors (Lipinski definition) is 2. The first-order valence-corrected chi connectivity index (χ1v) is 8.27. The van der Waals surface area contributed by atoms with Crippen LogP contribution in [-0.4, -0.2) is 10.2 Å². The molecule has 0 aliphatic carbocycles. The number of aromatic nitrogens is 2. The summed E-state index contributed by atoms with van der Waals surface area (Å²) >= 11 is 1.70. The molecule has 0 amide bonds. The third kappa shape index (κ3) is 9.50. The summed E-state index contributed by atoms with van der Waals surface area (Å²) in [6.07, 6.45) is 0. The predicted molar refractivity (Wildman–Crippen MR) is 91.5 cm³/mol. The molecule has 3 nitrogen and oxygen atoms in total. The highest BCUT2D eigenvalue weighted by molar-refractivity contribution is 7.98. The molecule has 1 aromatic heterocycles. The van der Waals surface area contributed by atoms with Gasteiger partial charge in [0.1, 0.15) is 0 Å². The van der Waals surface area contributed by atoms with Gasteiger partial charge in [0.25, 0.3) is 5.56 Å². The van der Waals surface area contributed by atoms with Crippen LogP contribution in [0.15, 0.2) is 46.1 Å². The summed E-state index contributed by atoms with van der Waals surface area (Å²) in [5, 5.41) is 5.33. The summed E-state index contributed by atoms with van der Waals surface area (Å²) < 4.78 is 0. The fourth-order valence-corrected chi connectivity index (χ4v) is 1.96. The van der Waals surface area contributed by atoms with Gasteiger partial charge in [-0.1, -0.05) is 59.7 Å². The van der Waals surface area contributed by atoms with Crippen molar-refractivity contribution < 1.29 is 0 Å². The molecule has 1 heterocycles. The number of thioether (sulfide) groups is 1. The van der Waals surface area contributed by atoms with Gasteiger partial charge in [-0.25, -0.2) is 0 Å². The Bertz CT molecular complexity index is 449. The maximum absolute atomic E-state index is 10.8. The van der Waals surface area contributed by atoms with Crippen molar-refractivity contribution in [2.24, 2.45) is 0 Å². The fourth-order valence-electron chi connectivity index (χ4n) is 1.13. The predicted octanol–water partition coefficient (Wildman–Crippen LogP) is 5.07. The molecule has 0 unspecified atom stereocenters. The van der Waals surface area contributed by atoms with E-state index in [0.29, 0.717) is 0 Å². The lowest BCUT2D eigenvalue weighted by molar-refractivity contribution is 1.01. The average molecular weight is 296 g/mol. The topological polar surface area (TPSA) is 48.6 Å². The zero-order chi connectivity index (χ0) is 15.8. The van der Waals surface area contributed by atoms with Crippen LogP contribution in [0.2, 0.25) is 0 Å². The summed E-state index contributed by atoms with van der Waals surface area (Å²) in [6.45, 7) is 12.0. The molecular weight excluding hydrogens is 268 g/mol. The van der Waals surface area contributed by atoms with Crippen LogP contribution in [0.1, 0.15) is 47.2 Å². The summed E-state index contributed by atoms with van der Waals surface area (Å²) in [5.74, 6) is 0.781. The van der Waals surface area contributed by atoms with E-state index in [-0.39, 0.29) is 5.56 Å². The van der Waals surface area contributed by atoms with Gasteiger partial charge < -0.3 is 5.10 Å². The second-order valence-corrected chi connectivity index (χ2v) is 3.93. The van der Waals surface area contributed by atoms with E-state index in [2.05, 4.69) is 22.3 Å². The first-order chi connectivity index (χ1) is 9.84. The first kappa shape index (κ1) is 20.9. The molecule has 0 aliphatic heterocycles. The lowest BCUT2D eigenvalue weighted by Gasteiger charge is -1.97. The Hall–Kier alpha value is -1.42. The highest BCUT2D eigenvalue weighted by Crippen LogP contribution is 2.20. The van der Waals surface area contributed by atoms with Crippen LogP contribution in [0.25, 0.3) is 0 Å². The van der Waals surface area contributed by atoms with E-state index in [1.807, 2.05) is 59.7 Å². The molecule has 4 heteroatoms. The van der Waals surface area contributed by atoms with Gasteiger partial charge in [0.05, 0.1) is 0 Å². The van der Waals surface area contributed by atoms with Gasteiger partial charge in [0, 0.05) is 22.4 Å². The van der Waals surface area contributed by atoms with Crippen LogP contribution < -0.4 is 5.56 Å². The van der Waals surface area contributed by atoms with Gasteiger partial charge in [0.2, 0.25) is 0 Å². The standard InChI is InChI=1S/C10H10N2OS.3C2H6/c13-10-6-8(11-12-10)7-14-9-4-2-1-3-5-9;3*1-2/h1-6H,7H2,(H2,11,12,13);3*1-2H3. The number of rotatable bonds is 3. The van der Waals surface area contributed by atoms with E-state index in [4.69, 9.17) is 0 Å². The van der Waals surface area contributed by atoms with E-state index in [0.717, 1.165) is 11.4 Å². The molecule has 2 aromatic rings. The van der Waals surface area contributed by atoms with Gasteiger partial charge in [0.15, 0.2) is 0 Å². The van der Waals surface area contributed by atoms with Gasteiger partial charge in [-0.2, -0.15) is 0 Å². The third-order valence-electron chi connectivity index (χ3n) is 1.79. The fraction of sp³-hybridized carbons (Fsp3) is 0.438. The molecular formula is C16H28N2OS. The highest BCUT2D eigenvalue weighted by atomic mass is 32.2. The van der Waals surface area contributed by atoms with Crippen molar-refractivity contribution in [2.75, 3.05) is 0 Å². The maximum atomic E-state index is 10.8. The van der Waals surface area contributed by atoms with E-state index in [9.17, 15) is 4.79 Å². The van der Waals surface area contributed by atoms with Gasteiger partial charge >= 0.3 is 0 Å². The van der Waals surface area contributed by atoms with Crippen LogP contribution in [0, 0.1) is 0 Å². The van der Waals surface area contributed by atoms with Crippen molar-refractivity contribution in [3.63, 3.8) is 0 Å². The zero-order valence-corrected chi connectivity index (χ0v) is 14.3. The lowest BCUT2D eigenvalue weighted by atomic mass is 10.4. The van der Waals surface area contributed by atoms with Crippen LogP contribution in [0.4, 0.5) is 0 Å². The van der Waals surface area contributed by atoms with Crippen molar-refractivity contribution in [2.45, 2.75) is 52.2 Å². The van der Waals surface area contributed by atoms with Crippen molar-refractivity contribution >= 4 is 11.8 Å².